The number of benzene rings is 2. The van der Waals surface area contributed by atoms with E-state index in [0.717, 1.165) is 42.0 Å². The number of anilines is 1. The fourth-order valence-electron chi connectivity index (χ4n) is 3.21. The molecule has 7 heteroatoms. The number of fused-ring (bicyclic) bond motifs is 1. The van der Waals surface area contributed by atoms with Crippen LogP contribution < -0.4 is 5.32 Å². The molecule has 0 radical (unpaired) electrons. The molecular weight excluding hydrogens is 390 g/mol. The number of nitrogens with one attached hydrogen (secondary N) is 1. The second-order valence-electron chi connectivity index (χ2n) is 6.82. The van der Waals surface area contributed by atoms with Gasteiger partial charge in [-0.2, -0.15) is 11.8 Å². The van der Waals surface area contributed by atoms with Crippen molar-refractivity contribution in [2.75, 3.05) is 35.7 Å². The molecule has 0 saturated carbocycles. The average molecular weight is 414 g/mol. The first-order chi connectivity index (χ1) is 13.7. The Balaban J connectivity index is 1.32. The number of thioether (sulfide) groups is 2. The Labute approximate surface area is 173 Å². The van der Waals surface area contributed by atoms with Crippen LogP contribution in [-0.2, 0) is 11.3 Å². The number of nitrogens with zero attached hydrogens (tertiary/aromatic N) is 2. The molecule has 2 heterocycles. The van der Waals surface area contributed by atoms with E-state index in [0.29, 0.717) is 5.22 Å². The quantitative estimate of drug-likeness (QED) is 0.604. The highest BCUT2D eigenvalue weighted by molar-refractivity contribution is 7.99. The number of hydrogen-bond acceptors (Lipinski definition) is 6. The third kappa shape index (κ3) is 4.90. The summed E-state index contributed by atoms with van der Waals surface area (Å²) >= 11 is 3.33. The first-order valence-electron chi connectivity index (χ1n) is 9.35. The van der Waals surface area contributed by atoms with Crippen LogP contribution in [0.1, 0.15) is 11.1 Å². The molecule has 0 bridgehead atoms. The maximum atomic E-state index is 12.3. The number of carbonyl (C=O) groups is 1. The highest BCUT2D eigenvalue weighted by Gasteiger charge is 2.13. The monoisotopic (exact) mass is 413 g/mol. The standard InChI is InChI=1S/C21H23N3O2S2/c1-15-12-16(13-24-8-10-27-11-9-24)6-7-17(15)22-20(25)14-28-21-23-18-4-2-3-5-19(18)26-21/h2-7,12H,8-11,13-14H2,1H3,(H,22,25). The van der Waals surface area contributed by atoms with Crippen LogP contribution in [0.2, 0.25) is 0 Å². The number of para-hydroxylation sites is 2. The van der Waals surface area contributed by atoms with E-state index in [1.54, 1.807) is 0 Å². The van der Waals surface area contributed by atoms with Gasteiger partial charge in [0, 0.05) is 36.8 Å². The summed E-state index contributed by atoms with van der Waals surface area (Å²) < 4.78 is 5.65. The molecule has 5 nitrogen and oxygen atoms in total. The van der Waals surface area contributed by atoms with E-state index in [4.69, 9.17) is 4.42 Å². The van der Waals surface area contributed by atoms with Crippen molar-refractivity contribution in [3.05, 3.63) is 53.6 Å². The number of carbonyl (C=O) groups excluding carboxylic acids is 1. The molecule has 0 atom stereocenters. The molecule has 1 saturated heterocycles. The maximum absolute atomic E-state index is 12.3. The van der Waals surface area contributed by atoms with E-state index < -0.39 is 0 Å². The van der Waals surface area contributed by atoms with Crippen molar-refractivity contribution >= 4 is 46.2 Å². The summed E-state index contributed by atoms with van der Waals surface area (Å²) in [7, 11) is 0. The molecule has 1 aliphatic heterocycles. The highest BCUT2D eigenvalue weighted by atomic mass is 32.2. The van der Waals surface area contributed by atoms with Crippen LogP contribution in [0.5, 0.6) is 0 Å². The molecule has 1 N–H and O–H groups in total. The number of aromatic nitrogens is 1. The molecule has 1 aliphatic rings. The van der Waals surface area contributed by atoms with Crippen molar-refractivity contribution < 1.29 is 9.21 Å². The minimum absolute atomic E-state index is 0.0591. The van der Waals surface area contributed by atoms with Crippen molar-refractivity contribution in [1.29, 1.82) is 0 Å². The minimum atomic E-state index is -0.0591. The predicted molar refractivity (Wildman–Crippen MR) is 117 cm³/mol. The van der Waals surface area contributed by atoms with Crippen LogP contribution in [0.15, 0.2) is 52.1 Å². The second-order valence-corrected chi connectivity index (χ2v) is 8.97. The Morgan fingerprint density at radius 2 is 2.07 bits per heavy atom. The zero-order chi connectivity index (χ0) is 19.3. The van der Waals surface area contributed by atoms with E-state index in [1.807, 2.05) is 49.0 Å². The van der Waals surface area contributed by atoms with Crippen LogP contribution in [-0.4, -0.2) is 46.1 Å². The third-order valence-corrected chi connectivity index (χ3v) is 6.45. The molecule has 1 fully saturated rings. The lowest BCUT2D eigenvalue weighted by molar-refractivity contribution is -0.113. The topological polar surface area (TPSA) is 58.4 Å². The Hall–Kier alpha value is -1.96. The smallest absolute Gasteiger partial charge is 0.257 e. The summed E-state index contributed by atoms with van der Waals surface area (Å²) in [5, 5.41) is 3.52. The minimum Gasteiger partial charge on any atom is -0.431 e. The lowest BCUT2D eigenvalue weighted by atomic mass is 10.1. The fraction of sp³-hybridized carbons (Fsp3) is 0.333. The van der Waals surface area contributed by atoms with Gasteiger partial charge in [-0.15, -0.1) is 0 Å². The summed E-state index contributed by atoms with van der Waals surface area (Å²) in [6.45, 7) is 5.31. The lowest BCUT2D eigenvalue weighted by Gasteiger charge is -2.26. The van der Waals surface area contributed by atoms with Crippen LogP contribution in [0.4, 0.5) is 5.69 Å². The molecule has 146 valence electrons. The fourth-order valence-corrected chi connectivity index (χ4v) is 4.83. The zero-order valence-electron chi connectivity index (χ0n) is 15.8. The molecule has 0 spiro atoms. The van der Waals surface area contributed by atoms with Gasteiger partial charge in [0.2, 0.25) is 5.91 Å². The number of hydrogen-bond donors (Lipinski definition) is 1. The number of rotatable bonds is 6. The van der Waals surface area contributed by atoms with Gasteiger partial charge in [-0.05, 0) is 36.2 Å². The Morgan fingerprint density at radius 3 is 2.86 bits per heavy atom. The molecule has 1 aromatic heterocycles. The summed E-state index contributed by atoms with van der Waals surface area (Å²) in [6.07, 6.45) is 0. The number of aryl methyl sites for hydroxylation is 1. The Bertz CT molecular complexity index is 934. The first-order valence-corrected chi connectivity index (χ1v) is 11.5. The van der Waals surface area contributed by atoms with E-state index in [2.05, 4.69) is 27.3 Å². The van der Waals surface area contributed by atoms with Crippen LogP contribution in [0.3, 0.4) is 0 Å². The van der Waals surface area contributed by atoms with E-state index in [1.165, 1.54) is 28.8 Å². The number of oxazole rings is 1. The molecule has 2 aromatic carbocycles. The van der Waals surface area contributed by atoms with Crippen molar-refractivity contribution in [3.8, 4) is 0 Å². The number of amides is 1. The van der Waals surface area contributed by atoms with Gasteiger partial charge in [0.1, 0.15) is 5.52 Å². The Morgan fingerprint density at radius 1 is 1.25 bits per heavy atom. The van der Waals surface area contributed by atoms with Gasteiger partial charge in [-0.1, -0.05) is 36.0 Å². The predicted octanol–water partition coefficient (Wildman–Crippen LogP) is 4.42. The van der Waals surface area contributed by atoms with Crippen molar-refractivity contribution in [2.45, 2.75) is 18.7 Å². The summed E-state index contributed by atoms with van der Waals surface area (Å²) in [6, 6.07) is 13.9. The van der Waals surface area contributed by atoms with Crippen molar-refractivity contribution in [2.24, 2.45) is 0 Å². The van der Waals surface area contributed by atoms with Gasteiger partial charge in [0.05, 0.1) is 5.75 Å². The largest absolute Gasteiger partial charge is 0.431 e. The summed E-state index contributed by atoms with van der Waals surface area (Å²) in [5.41, 5.74) is 4.79. The zero-order valence-corrected chi connectivity index (χ0v) is 17.4. The normalized spacial score (nSPS) is 15.0. The SMILES string of the molecule is Cc1cc(CN2CCSCC2)ccc1NC(=O)CSc1nc2ccccc2o1. The van der Waals surface area contributed by atoms with E-state index in [-0.39, 0.29) is 11.7 Å². The van der Waals surface area contributed by atoms with Crippen LogP contribution in [0, 0.1) is 6.92 Å². The van der Waals surface area contributed by atoms with Gasteiger partial charge in [0.15, 0.2) is 5.58 Å². The average Bonchev–Trinajstić information content (AvgIpc) is 3.12. The van der Waals surface area contributed by atoms with Gasteiger partial charge in [0.25, 0.3) is 5.22 Å². The van der Waals surface area contributed by atoms with Crippen molar-refractivity contribution in [1.82, 2.24) is 9.88 Å². The van der Waals surface area contributed by atoms with Gasteiger partial charge >= 0.3 is 0 Å². The van der Waals surface area contributed by atoms with Crippen LogP contribution >= 0.6 is 23.5 Å². The van der Waals surface area contributed by atoms with Crippen molar-refractivity contribution in [3.63, 3.8) is 0 Å². The summed E-state index contributed by atoms with van der Waals surface area (Å²) in [5.74, 6) is 2.63. The second kappa shape index (κ2) is 9.03. The molecule has 0 aliphatic carbocycles. The Kier molecular flexibility index (Phi) is 6.24. The van der Waals surface area contributed by atoms with E-state index >= 15 is 0 Å². The van der Waals surface area contributed by atoms with Gasteiger partial charge in [-0.25, -0.2) is 4.98 Å². The van der Waals surface area contributed by atoms with Crippen LogP contribution in [0.25, 0.3) is 11.1 Å². The molecular formula is C21H23N3O2S2. The van der Waals surface area contributed by atoms with Gasteiger partial charge in [-0.3, -0.25) is 9.69 Å². The molecule has 28 heavy (non-hydrogen) atoms. The van der Waals surface area contributed by atoms with E-state index in [9.17, 15) is 4.79 Å². The third-order valence-electron chi connectivity index (χ3n) is 4.68. The van der Waals surface area contributed by atoms with Gasteiger partial charge < -0.3 is 9.73 Å². The summed E-state index contributed by atoms with van der Waals surface area (Å²) in [4.78, 5) is 19.2. The lowest BCUT2D eigenvalue weighted by Crippen LogP contribution is -2.31. The first kappa shape index (κ1) is 19.4. The highest BCUT2D eigenvalue weighted by Crippen LogP contribution is 2.24. The maximum Gasteiger partial charge on any atom is 0.257 e. The molecule has 0 unspecified atom stereocenters. The molecule has 3 aromatic rings. The molecule has 1 amide bonds. The molecule has 4 rings (SSSR count).